The first-order chi connectivity index (χ1) is 23.2. The third-order valence-corrected chi connectivity index (χ3v) is 8.67. The smallest absolute Gasteiger partial charge is 0.412 e. The highest BCUT2D eigenvalue weighted by Gasteiger charge is 2.32. The number of pyridine rings is 1. The van der Waals surface area contributed by atoms with E-state index < -0.39 is 17.3 Å². The van der Waals surface area contributed by atoms with Gasteiger partial charge in [-0.1, -0.05) is 42.5 Å². The van der Waals surface area contributed by atoms with Gasteiger partial charge in [-0.05, 0) is 112 Å². The number of nitrogens with one attached hydrogen (secondary N) is 1. The van der Waals surface area contributed by atoms with Crippen LogP contribution in [-0.2, 0) is 15.9 Å². The number of Topliss-reactive ketones (excluding diaryl/α,β-unsaturated/α-hetero) is 1. The molecule has 0 atom stereocenters. The summed E-state index contributed by atoms with van der Waals surface area (Å²) in [6.45, 7) is 13.7. The molecule has 0 bridgehead atoms. The number of rotatable bonds is 7. The van der Waals surface area contributed by atoms with Crippen LogP contribution < -0.4 is 10.2 Å². The van der Waals surface area contributed by atoms with E-state index >= 15 is 0 Å². The number of benzene rings is 3. The number of ketones is 1. The third-order valence-electron chi connectivity index (χ3n) is 8.67. The van der Waals surface area contributed by atoms with Gasteiger partial charge in [0.05, 0.1) is 0 Å². The Balaban J connectivity index is 1.24. The Kier molecular flexibility index (Phi) is 9.38. The van der Waals surface area contributed by atoms with Crippen LogP contribution in [0, 0.1) is 0 Å². The van der Waals surface area contributed by atoms with Gasteiger partial charge in [0.15, 0.2) is 5.78 Å². The average molecular weight is 663 g/mol. The Hall–Kier alpha value is -4.92. The largest absolute Gasteiger partial charge is 0.444 e. The van der Waals surface area contributed by atoms with E-state index in [0.717, 1.165) is 47.8 Å². The van der Waals surface area contributed by atoms with Crippen LogP contribution in [-0.4, -0.2) is 65.2 Å². The molecule has 2 fully saturated rings. The lowest BCUT2D eigenvalue weighted by Gasteiger charge is -2.37. The molecule has 1 saturated carbocycles. The summed E-state index contributed by atoms with van der Waals surface area (Å²) in [6, 6.07) is 21.7. The predicted molar refractivity (Wildman–Crippen MR) is 194 cm³/mol. The fourth-order valence-electron chi connectivity index (χ4n) is 6.27. The Morgan fingerprint density at radius 1 is 0.816 bits per heavy atom. The number of amides is 2. The van der Waals surface area contributed by atoms with Gasteiger partial charge in [0, 0.05) is 55.6 Å². The highest BCUT2D eigenvalue weighted by Crippen LogP contribution is 2.48. The van der Waals surface area contributed by atoms with Gasteiger partial charge in [0.25, 0.3) is 0 Å². The molecule has 4 aromatic rings. The molecule has 0 spiro atoms. The molecule has 256 valence electrons. The number of aromatic nitrogens is 1. The van der Waals surface area contributed by atoms with Crippen LogP contribution in [0.3, 0.4) is 0 Å². The van der Waals surface area contributed by atoms with E-state index in [1.54, 1.807) is 4.90 Å². The van der Waals surface area contributed by atoms with Crippen LogP contribution >= 0.6 is 0 Å². The van der Waals surface area contributed by atoms with Crippen molar-refractivity contribution in [1.29, 1.82) is 0 Å². The molecular formula is C40H46N4O5. The van der Waals surface area contributed by atoms with Crippen molar-refractivity contribution in [2.75, 3.05) is 36.4 Å². The highest BCUT2D eigenvalue weighted by molar-refractivity contribution is 6.01. The van der Waals surface area contributed by atoms with E-state index in [-0.39, 0.29) is 18.3 Å². The number of anilines is 2. The predicted octanol–water partition coefficient (Wildman–Crippen LogP) is 8.61. The quantitative estimate of drug-likeness (QED) is 0.198. The zero-order valence-electron chi connectivity index (χ0n) is 29.3. The monoisotopic (exact) mass is 662 g/mol. The minimum absolute atomic E-state index is 0.0554. The molecule has 1 N–H and O–H groups in total. The van der Waals surface area contributed by atoms with Crippen molar-refractivity contribution in [1.82, 2.24) is 9.88 Å². The molecule has 3 aromatic carbocycles. The molecule has 49 heavy (non-hydrogen) atoms. The molecular weight excluding hydrogens is 616 g/mol. The Morgan fingerprint density at radius 2 is 1.51 bits per heavy atom. The van der Waals surface area contributed by atoms with Crippen LogP contribution in [0.4, 0.5) is 21.0 Å². The first-order valence-corrected chi connectivity index (χ1v) is 17.1. The summed E-state index contributed by atoms with van der Waals surface area (Å²) in [6.07, 6.45) is 3.30. The highest BCUT2D eigenvalue weighted by atomic mass is 16.6. The number of fused-ring (bicyclic) bond motifs is 1. The molecule has 2 amide bonds. The van der Waals surface area contributed by atoms with Gasteiger partial charge < -0.3 is 19.3 Å². The summed E-state index contributed by atoms with van der Waals surface area (Å²) in [5.74, 6) is 0.308. The van der Waals surface area contributed by atoms with E-state index in [1.165, 1.54) is 11.3 Å². The average Bonchev–Trinajstić information content (AvgIpc) is 3.89. The molecule has 1 aliphatic heterocycles. The van der Waals surface area contributed by atoms with E-state index in [9.17, 15) is 14.4 Å². The zero-order valence-corrected chi connectivity index (χ0v) is 29.3. The first kappa shape index (κ1) is 34.0. The normalized spacial score (nSPS) is 15.2. The van der Waals surface area contributed by atoms with Crippen LogP contribution in [0.15, 0.2) is 72.9 Å². The van der Waals surface area contributed by atoms with Crippen molar-refractivity contribution in [2.45, 2.75) is 77.9 Å². The fraction of sp³-hybridized carbons (Fsp3) is 0.400. The van der Waals surface area contributed by atoms with Crippen molar-refractivity contribution in [3.63, 3.8) is 0 Å². The first-order valence-electron chi connectivity index (χ1n) is 17.1. The van der Waals surface area contributed by atoms with Gasteiger partial charge in [-0.15, -0.1) is 0 Å². The molecule has 1 aliphatic carbocycles. The minimum atomic E-state index is -0.660. The Morgan fingerprint density at radius 3 is 2.16 bits per heavy atom. The lowest BCUT2D eigenvalue weighted by atomic mass is 9.96. The summed E-state index contributed by atoms with van der Waals surface area (Å²) >= 11 is 0. The maximum Gasteiger partial charge on any atom is 0.412 e. The third kappa shape index (κ3) is 8.39. The standard InChI is InChI=1S/C40H46N4O5/c1-39(2,3)48-37(46)42-32-16-14-28(26-10-8-7-9-11-26)22-30(32)24-35(45)33-23-29-15-17-34(36(27-12-13-27)31(29)25-41-33)43-18-20-44(21-19-43)38(47)49-40(4,5)6/h7-11,14-17,22-23,25,27H,12-13,18-21,24H2,1-6H3,(H,42,46). The van der Waals surface area contributed by atoms with Gasteiger partial charge >= 0.3 is 12.2 Å². The molecule has 0 unspecified atom stereocenters. The second-order valence-electron chi connectivity index (χ2n) is 15.0. The van der Waals surface area contributed by atoms with Crippen LogP contribution in [0.5, 0.6) is 0 Å². The lowest BCUT2D eigenvalue weighted by molar-refractivity contribution is 0.0240. The van der Waals surface area contributed by atoms with E-state index in [2.05, 4.69) is 22.3 Å². The van der Waals surface area contributed by atoms with Crippen molar-refractivity contribution in [3.05, 3.63) is 89.7 Å². The Bertz CT molecular complexity index is 1860. The van der Waals surface area contributed by atoms with Crippen molar-refractivity contribution < 1.29 is 23.9 Å². The van der Waals surface area contributed by atoms with Gasteiger partial charge in [-0.3, -0.25) is 15.1 Å². The number of carbonyl (C=O) groups is 3. The van der Waals surface area contributed by atoms with Gasteiger partial charge in [0.1, 0.15) is 16.9 Å². The fourth-order valence-corrected chi connectivity index (χ4v) is 6.27. The number of piperazine rings is 1. The van der Waals surface area contributed by atoms with E-state index in [0.29, 0.717) is 36.0 Å². The van der Waals surface area contributed by atoms with Crippen LogP contribution in [0.25, 0.3) is 21.9 Å². The van der Waals surface area contributed by atoms with E-state index in [4.69, 9.17) is 14.5 Å². The van der Waals surface area contributed by atoms with Gasteiger partial charge in [-0.2, -0.15) is 0 Å². The maximum absolute atomic E-state index is 13.8. The SMILES string of the molecule is CC(C)(C)OC(=O)Nc1ccc(-c2ccccc2)cc1CC(=O)c1cc2ccc(N3CCN(C(=O)OC(C)(C)C)CC3)c(C3CC3)c2cn1. The van der Waals surface area contributed by atoms with Crippen LogP contribution in [0.1, 0.15) is 81.9 Å². The molecule has 2 heterocycles. The molecule has 9 nitrogen and oxygen atoms in total. The molecule has 0 radical (unpaired) electrons. The zero-order chi connectivity index (χ0) is 34.9. The van der Waals surface area contributed by atoms with Crippen molar-refractivity contribution >= 4 is 40.1 Å². The maximum atomic E-state index is 13.8. The number of hydrogen-bond donors (Lipinski definition) is 1. The Labute approximate surface area is 288 Å². The molecule has 1 saturated heterocycles. The number of ether oxygens (including phenoxy) is 2. The summed E-state index contributed by atoms with van der Waals surface area (Å²) in [4.78, 5) is 48.0. The summed E-state index contributed by atoms with van der Waals surface area (Å²) < 4.78 is 11.1. The number of hydrogen-bond acceptors (Lipinski definition) is 7. The van der Waals surface area contributed by atoms with Gasteiger partial charge in [0.2, 0.25) is 0 Å². The summed E-state index contributed by atoms with van der Waals surface area (Å²) in [7, 11) is 0. The number of nitrogens with zero attached hydrogens (tertiary/aromatic N) is 3. The second-order valence-corrected chi connectivity index (χ2v) is 15.0. The molecule has 9 heteroatoms. The molecule has 6 rings (SSSR count). The van der Waals surface area contributed by atoms with Crippen molar-refractivity contribution in [2.24, 2.45) is 0 Å². The topological polar surface area (TPSA) is 101 Å². The summed E-state index contributed by atoms with van der Waals surface area (Å²) in [5.41, 5.74) is 4.80. The van der Waals surface area contributed by atoms with Crippen molar-refractivity contribution in [3.8, 4) is 11.1 Å². The van der Waals surface area contributed by atoms with Crippen LogP contribution in [0.2, 0.25) is 0 Å². The van der Waals surface area contributed by atoms with Gasteiger partial charge in [-0.25, -0.2) is 9.59 Å². The summed E-state index contributed by atoms with van der Waals surface area (Å²) in [5, 5.41) is 4.88. The molecule has 1 aromatic heterocycles. The lowest BCUT2D eigenvalue weighted by Crippen LogP contribution is -2.50. The van der Waals surface area contributed by atoms with E-state index in [1.807, 2.05) is 102 Å². The number of carbonyl (C=O) groups excluding carboxylic acids is 3. The minimum Gasteiger partial charge on any atom is -0.444 e. The molecule has 2 aliphatic rings. The second kappa shape index (κ2) is 13.5.